The lowest BCUT2D eigenvalue weighted by Crippen LogP contribution is -2.43. The molecule has 0 unspecified atom stereocenters. The second-order valence-corrected chi connectivity index (χ2v) is 6.80. The van der Waals surface area contributed by atoms with Gasteiger partial charge in [0.2, 0.25) is 5.91 Å². The van der Waals surface area contributed by atoms with Crippen LogP contribution in [-0.4, -0.2) is 68.9 Å². The molecule has 1 aromatic rings. The zero-order chi connectivity index (χ0) is 19.6. The molecule has 1 aliphatic rings. The fourth-order valence-corrected chi connectivity index (χ4v) is 2.93. The summed E-state index contributed by atoms with van der Waals surface area (Å²) >= 11 is 0. The van der Waals surface area contributed by atoms with Crippen molar-refractivity contribution in [2.24, 2.45) is 0 Å². The summed E-state index contributed by atoms with van der Waals surface area (Å²) in [7, 11) is 1.52. The van der Waals surface area contributed by atoms with Crippen LogP contribution in [0.3, 0.4) is 0 Å². The lowest BCUT2D eigenvalue weighted by molar-refractivity contribution is -0.136. The van der Waals surface area contributed by atoms with Crippen LogP contribution in [0, 0.1) is 0 Å². The van der Waals surface area contributed by atoms with Crippen LogP contribution >= 0.6 is 0 Å². The first kappa shape index (κ1) is 21.2. The number of amides is 2. The fraction of sp³-hybridized carbons (Fsp3) is 0.600. The first-order valence-corrected chi connectivity index (χ1v) is 9.43. The third-order valence-electron chi connectivity index (χ3n) is 4.33. The van der Waals surface area contributed by atoms with Crippen LogP contribution in [0.1, 0.15) is 37.0 Å². The molecule has 0 aliphatic carbocycles. The summed E-state index contributed by atoms with van der Waals surface area (Å²) in [6, 6.07) is 7.23. The van der Waals surface area contributed by atoms with Gasteiger partial charge in [-0.3, -0.25) is 9.59 Å². The second-order valence-electron chi connectivity index (χ2n) is 6.80. The fourth-order valence-electron chi connectivity index (χ4n) is 2.93. The van der Waals surface area contributed by atoms with Crippen LogP contribution < -0.4 is 10.1 Å². The van der Waals surface area contributed by atoms with Gasteiger partial charge in [-0.1, -0.05) is 12.1 Å². The van der Waals surface area contributed by atoms with Crippen molar-refractivity contribution in [3.8, 4) is 5.75 Å². The molecule has 0 radical (unpaired) electrons. The average Bonchev–Trinajstić information content (AvgIpc) is 2.66. The van der Waals surface area contributed by atoms with E-state index in [1.165, 1.54) is 7.11 Å². The van der Waals surface area contributed by atoms with Crippen LogP contribution in [-0.2, 0) is 14.3 Å². The molecule has 1 aliphatic heterocycles. The number of ether oxygens (including phenoxy) is 3. The minimum Gasteiger partial charge on any atom is -0.489 e. The molecule has 1 N–H and O–H groups in total. The van der Waals surface area contributed by atoms with E-state index >= 15 is 0 Å². The molecule has 0 spiro atoms. The average molecular weight is 378 g/mol. The molecule has 150 valence electrons. The largest absolute Gasteiger partial charge is 0.489 e. The third kappa shape index (κ3) is 6.84. The highest BCUT2D eigenvalue weighted by Crippen LogP contribution is 2.23. The predicted molar refractivity (Wildman–Crippen MR) is 102 cm³/mol. The summed E-state index contributed by atoms with van der Waals surface area (Å²) in [5, 5.41) is 2.86. The second kappa shape index (κ2) is 10.9. The maximum atomic E-state index is 12.5. The highest BCUT2D eigenvalue weighted by molar-refractivity contribution is 5.96. The van der Waals surface area contributed by atoms with Crippen molar-refractivity contribution in [2.75, 3.05) is 40.0 Å². The molecule has 2 amide bonds. The Hall–Kier alpha value is -2.12. The number of rotatable bonds is 9. The summed E-state index contributed by atoms with van der Waals surface area (Å²) in [5.41, 5.74) is 0.514. The van der Waals surface area contributed by atoms with Crippen molar-refractivity contribution in [1.29, 1.82) is 0 Å². The Morgan fingerprint density at radius 1 is 1.22 bits per heavy atom. The van der Waals surface area contributed by atoms with Crippen LogP contribution in [0.4, 0.5) is 0 Å². The van der Waals surface area contributed by atoms with Crippen LogP contribution in [0.2, 0.25) is 0 Å². The van der Waals surface area contributed by atoms with Crippen molar-refractivity contribution in [3.05, 3.63) is 29.8 Å². The van der Waals surface area contributed by atoms with E-state index in [9.17, 15) is 9.59 Å². The van der Waals surface area contributed by atoms with Crippen molar-refractivity contribution >= 4 is 11.8 Å². The van der Waals surface area contributed by atoms with Gasteiger partial charge in [-0.15, -0.1) is 0 Å². The summed E-state index contributed by atoms with van der Waals surface area (Å²) in [4.78, 5) is 26.1. The lowest BCUT2D eigenvalue weighted by Gasteiger charge is -2.32. The predicted octanol–water partition coefficient (Wildman–Crippen LogP) is 1.86. The number of nitrogens with zero attached hydrogens (tertiary/aromatic N) is 1. The maximum absolute atomic E-state index is 12.5. The van der Waals surface area contributed by atoms with Gasteiger partial charge in [0, 0.05) is 39.6 Å². The molecular formula is C20H30N2O5. The number of methoxy groups -OCH3 is 1. The van der Waals surface area contributed by atoms with E-state index in [2.05, 4.69) is 5.32 Å². The summed E-state index contributed by atoms with van der Waals surface area (Å²) < 4.78 is 16.4. The number of benzene rings is 1. The molecule has 1 saturated heterocycles. The van der Waals surface area contributed by atoms with Crippen molar-refractivity contribution in [3.63, 3.8) is 0 Å². The first-order chi connectivity index (χ1) is 13.0. The Labute approximate surface area is 161 Å². The number of likely N-dealkylation sites (tertiary alicyclic amines) is 1. The number of hydrogen-bond acceptors (Lipinski definition) is 5. The highest BCUT2D eigenvalue weighted by Gasteiger charge is 2.25. The minimum absolute atomic E-state index is 0.000607. The smallest absolute Gasteiger partial charge is 0.255 e. The van der Waals surface area contributed by atoms with Gasteiger partial charge in [0.25, 0.3) is 5.91 Å². The topological polar surface area (TPSA) is 77.1 Å². The molecule has 7 nitrogen and oxygen atoms in total. The number of para-hydroxylation sites is 1. The Morgan fingerprint density at radius 2 is 1.93 bits per heavy atom. The van der Waals surface area contributed by atoms with E-state index in [1.54, 1.807) is 11.0 Å². The normalized spacial score (nSPS) is 15.0. The Kier molecular flexibility index (Phi) is 8.54. The SMILES string of the molecule is COCC(=O)N1CCC(Oc2ccccc2C(=O)NCCOC(C)C)CC1. The zero-order valence-electron chi connectivity index (χ0n) is 16.4. The molecule has 0 aromatic heterocycles. The number of piperidine rings is 1. The quantitative estimate of drug-likeness (QED) is 0.664. The molecule has 27 heavy (non-hydrogen) atoms. The van der Waals surface area contributed by atoms with Gasteiger partial charge in [-0.05, 0) is 26.0 Å². The monoisotopic (exact) mass is 378 g/mol. The van der Waals surface area contributed by atoms with Gasteiger partial charge < -0.3 is 24.4 Å². The molecule has 0 bridgehead atoms. The molecule has 0 atom stereocenters. The van der Waals surface area contributed by atoms with Gasteiger partial charge in [0.1, 0.15) is 18.5 Å². The zero-order valence-corrected chi connectivity index (χ0v) is 16.4. The van der Waals surface area contributed by atoms with E-state index < -0.39 is 0 Å². The lowest BCUT2D eigenvalue weighted by atomic mass is 10.1. The van der Waals surface area contributed by atoms with Gasteiger partial charge in [-0.25, -0.2) is 0 Å². The Morgan fingerprint density at radius 3 is 2.59 bits per heavy atom. The number of carbonyl (C=O) groups excluding carboxylic acids is 2. The molecule has 1 heterocycles. The van der Waals surface area contributed by atoms with E-state index in [-0.39, 0.29) is 30.6 Å². The molecule has 1 aromatic carbocycles. The number of carbonyl (C=O) groups is 2. The third-order valence-corrected chi connectivity index (χ3v) is 4.33. The summed E-state index contributed by atoms with van der Waals surface area (Å²) in [6.45, 7) is 6.21. The van der Waals surface area contributed by atoms with Gasteiger partial charge in [0.05, 0.1) is 18.3 Å². The number of nitrogens with one attached hydrogen (secondary N) is 1. The van der Waals surface area contributed by atoms with E-state index in [0.717, 1.165) is 12.8 Å². The van der Waals surface area contributed by atoms with Gasteiger partial charge in [-0.2, -0.15) is 0 Å². The van der Waals surface area contributed by atoms with Crippen LogP contribution in [0.5, 0.6) is 5.75 Å². The standard InChI is InChI=1S/C20H30N2O5/c1-15(2)26-13-10-21-20(24)17-6-4-5-7-18(17)27-16-8-11-22(12-9-16)19(23)14-25-3/h4-7,15-16H,8-14H2,1-3H3,(H,21,24). The molecule has 1 fully saturated rings. The molecule has 7 heteroatoms. The van der Waals surface area contributed by atoms with Gasteiger partial charge in [0.15, 0.2) is 0 Å². The van der Waals surface area contributed by atoms with E-state index in [0.29, 0.717) is 37.6 Å². The van der Waals surface area contributed by atoms with Crippen LogP contribution in [0.15, 0.2) is 24.3 Å². The Balaban J connectivity index is 1.87. The van der Waals surface area contributed by atoms with E-state index in [1.807, 2.05) is 32.0 Å². The Bertz CT molecular complexity index is 612. The minimum atomic E-state index is -0.175. The highest BCUT2D eigenvalue weighted by atomic mass is 16.5. The number of hydrogen-bond donors (Lipinski definition) is 1. The van der Waals surface area contributed by atoms with E-state index in [4.69, 9.17) is 14.2 Å². The first-order valence-electron chi connectivity index (χ1n) is 9.43. The van der Waals surface area contributed by atoms with Crippen molar-refractivity contribution in [2.45, 2.75) is 38.9 Å². The molecule has 2 rings (SSSR count). The van der Waals surface area contributed by atoms with Crippen LogP contribution in [0.25, 0.3) is 0 Å². The maximum Gasteiger partial charge on any atom is 0.255 e. The molecule has 0 saturated carbocycles. The summed E-state index contributed by atoms with van der Waals surface area (Å²) in [6.07, 6.45) is 1.58. The van der Waals surface area contributed by atoms with Crippen molar-refractivity contribution in [1.82, 2.24) is 10.2 Å². The van der Waals surface area contributed by atoms with Gasteiger partial charge >= 0.3 is 0 Å². The van der Waals surface area contributed by atoms with Crippen molar-refractivity contribution < 1.29 is 23.8 Å². The molecular weight excluding hydrogens is 348 g/mol. The summed E-state index contributed by atoms with van der Waals surface area (Å²) in [5.74, 6) is 0.395.